The molecular formula is C21H24N2O2. The summed E-state index contributed by atoms with van der Waals surface area (Å²) in [5.74, 6) is 0.327. The van der Waals surface area contributed by atoms with Gasteiger partial charge in [-0.2, -0.15) is 5.01 Å². The normalized spacial score (nSPS) is 17.2. The molecule has 0 radical (unpaired) electrons. The summed E-state index contributed by atoms with van der Waals surface area (Å²) in [6.45, 7) is 10.1. The Kier molecular flexibility index (Phi) is 4.38. The first-order chi connectivity index (χ1) is 11.8. The van der Waals surface area contributed by atoms with E-state index in [2.05, 4.69) is 38.0 Å². The maximum Gasteiger partial charge on any atom is 0.243 e. The first-order valence-corrected chi connectivity index (χ1v) is 8.48. The monoisotopic (exact) mass is 336 g/mol. The van der Waals surface area contributed by atoms with Gasteiger partial charge in [0.2, 0.25) is 18.0 Å². The summed E-state index contributed by atoms with van der Waals surface area (Å²) in [4.78, 5) is 12.0. The molecule has 0 N–H and O–H groups in total. The van der Waals surface area contributed by atoms with Crippen LogP contribution < -0.4 is 0 Å². The molecule has 1 aliphatic rings. The average Bonchev–Trinajstić information content (AvgIpc) is 3.00. The molecule has 0 bridgehead atoms. The molecule has 25 heavy (non-hydrogen) atoms. The number of amides is 1. The zero-order chi connectivity index (χ0) is 18.2. The van der Waals surface area contributed by atoms with Crippen molar-refractivity contribution in [2.24, 2.45) is 5.10 Å². The van der Waals surface area contributed by atoms with Gasteiger partial charge in [-0.15, -0.1) is 5.10 Å². The summed E-state index contributed by atoms with van der Waals surface area (Å²) in [5.41, 5.74) is 4.27. The minimum absolute atomic E-state index is 0.0900. The topological polar surface area (TPSA) is 41.9 Å². The molecule has 0 spiro atoms. The second kappa shape index (κ2) is 6.36. The SMILES string of the molecule is CC(=O)N1N=C(c2ccc(C(C)(C)C)cc2)O[C@H]1c1ccc(C)cc1. The van der Waals surface area contributed by atoms with Gasteiger partial charge in [-0.05, 0) is 30.0 Å². The summed E-state index contributed by atoms with van der Waals surface area (Å²) >= 11 is 0. The molecule has 0 saturated heterocycles. The Morgan fingerprint density at radius 3 is 2.16 bits per heavy atom. The molecule has 1 amide bonds. The van der Waals surface area contributed by atoms with E-state index in [1.807, 2.05) is 43.3 Å². The fourth-order valence-electron chi connectivity index (χ4n) is 2.74. The number of hydrogen-bond donors (Lipinski definition) is 0. The smallest absolute Gasteiger partial charge is 0.243 e. The van der Waals surface area contributed by atoms with E-state index in [0.717, 1.165) is 16.7 Å². The number of carbonyl (C=O) groups excluding carboxylic acids is 1. The molecule has 1 atom stereocenters. The predicted molar refractivity (Wildman–Crippen MR) is 99.2 cm³/mol. The number of benzene rings is 2. The Morgan fingerprint density at radius 1 is 1.04 bits per heavy atom. The summed E-state index contributed by atoms with van der Waals surface area (Å²) in [6.07, 6.45) is -0.518. The van der Waals surface area contributed by atoms with Crippen LogP contribution >= 0.6 is 0 Å². The Bertz CT molecular complexity index is 799. The zero-order valence-electron chi connectivity index (χ0n) is 15.4. The largest absolute Gasteiger partial charge is 0.446 e. The van der Waals surface area contributed by atoms with Crippen LogP contribution in [-0.4, -0.2) is 16.8 Å². The van der Waals surface area contributed by atoms with Crippen LogP contribution in [0, 0.1) is 6.92 Å². The molecule has 0 unspecified atom stereocenters. The fraction of sp³-hybridized carbons (Fsp3) is 0.333. The van der Waals surface area contributed by atoms with E-state index in [1.54, 1.807) is 0 Å². The highest BCUT2D eigenvalue weighted by Gasteiger charge is 2.33. The Labute approximate surface area is 149 Å². The number of hydrazone groups is 1. The van der Waals surface area contributed by atoms with E-state index in [4.69, 9.17) is 4.74 Å². The minimum Gasteiger partial charge on any atom is -0.446 e. The summed E-state index contributed by atoms with van der Waals surface area (Å²) in [7, 11) is 0. The zero-order valence-corrected chi connectivity index (χ0v) is 15.4. The number of ether oxygens (including phenoxy) is 1. The van der Waals surface area contributed by atoms with Crippen LogP contribution in [0.1, 0.15) is 56.2 Å². The molecule has 4 nitrogen and oxygen atoms in total. The van der Waals surface area contributed by atoms with Crippen molar-refractivity contribution in [3.05, 3.63) is 70.8 Å². The minimum atomic E-state index is -0.518. The van der Waals surface area contributed by atoms with Gasteiger partial charge in [0, 0.05) is 18.1 Å². The lowest BCUT2D eigenvalue weighted by molar-refractivity contribution is -0.135. The molecule has 2 aromatic carbocycles. The van der Waals surface area contributed by atoms with Crippen molar-refractivity contribution in [3.63, 3.8) is 0 Å². The third-order valence-electron chi connectivity index (χ3n) is 4.33. The second-order valence-electron chi connectivity index (χ2n) is 7.48. The molecule has 1 heterocycles. The van der Waals surface area contributed by atoms with Gasteiger partial charge in [-0.3, -0.25) is 4.79 Å². The lowest BCUT2D eigenvalue weighted by Gasteiger charge is -2.20. The van der Waals surface area contributed by atoms with Crippen LogP contribution in [0.5, 0.6) is 0 Å². The highest BCUT2D eigenvalue weighted by atomic mass is 16.5. The third-order valence-corrected chi connectivity index (χ3v) is 4.33. The van der Waals surface area contributed by atoms with Crippen molar-refractivity contribution >= 4 is 11.8 Å². The van der Waals surface area contributed by atoms with Gasteiger partial charge in [0.15, 0.2) is 0 Å². The summed E-state index contributed by atoms with van der Waals surface area (Å²) < 4.78 is 6.03. The van der Waals surface area contributed by atoms with Crippen molar-refractivity contribution in [2.75, 3.05) is 0 Å². The standard InChI is InChI=1S/C21H24N2O2/c1-14-6-8-17(9-7-14)20-23(15(2)24)22-19(25-20)16-10-12-18(13-11-16)21(3,4)5/h6-13,20H,1-5H3/t20-/m0/s1. The Morgan fingerprint density at radius 2 is 1.64 bits per heavy atom. The summed E-state index contributed by atoms with van der Waals surface area (Å²) in [5, 5.41) is 5.81. The summed E-state index contributed by atoms with van der Waals surface area (Å²) in [6, 6.07) is 16.1. The van der Waals surface area contributed by atoms with E-state index < -0.39 is 6.23 Å². The van der Waals surface area contributed by atoms with E-state index in [9.17, 15) is 4.79 Å². The number of aryl methyl sites for hydroxylation is 1. The molecule has 0 saturated carbocycles. The van der Waals surface area contributed by atoms with Gasteiger partial charge in [-0.1, -0.05) is 62.7 Å². The van der Waals surface area contributed by atoms with Crippen molar-refractivity contribution in [1.29, 1.82) is 0 Å². The maximum atomic E-state index is 12.0. The van der Waals surface area contributed by atoms with Crippen LogP contribution in [0.15, 0.2) is 53.6 Å². The molecule has 0 aromatic heterocycles. The average molecular weight is 336 g/mol. The van der Waals surface area contributed by atoms with Gasteiger partial charge < -0.3 is 4.74 Å². The van der Waals surface area contributed by atoms with Crippen LogP contribution in [0.2, 0.25) is 0 Å². The molecular weight excluding hydrogens is 312 g/mol. The van der Waals surface area contributed by atoms with Crippen molar-refractivity contribution in [3.8, 4) is 0 Å². The molecule has 2 aromatic rings. The van der Waals surface area contributed by atoms with E-state index in [1.165, 1.54) is 17.5 Å². The maximum absolute atomic E-state index is 12.0. The Balaban J connectivity index is 1.89. The van der Waals surface area contributed by atoms with Gasteiger partial charge in [-0.25, -0.2) is 0 Å². The molecule has 1 aliphatic heterocycles. The van der Waals surface area contributed by atoms with Crippen LogP contribution in [-0.2, 0) is 14.9 Å². The van der Waals surface area contributed by atoms with E-state index in [0.29, 0.717) is 5.90 Å². The van der Waals surface area contributed by atoms with E-state index >= 15 is 0 Å². The first-order valence-electron chi connectivity index (χ1n) is 8.48. The fourth-order valence-corrected chi connectivity index (χ4v) is 2.74. The number of carbonyl (C=O) groups is 1. The van der Waals surface area contributed by atoms with Crippen LogP contribution in [0.4, 0.5) is 0 Å². The number of nitrogens with zero attached hydrogens (tertiary/aromatic N) is 2. The number of hydrogen-bond acceptors (Lipinski definition) is 3. The van der Waals surface area contributed by atoms with E-state index in [-0.39, 0.29) is 11.3 Å². The first kappa shape index (κ1) is 17.2. The Hall–Kier alpha value is -2.62. The molecule has 0 aliphatic carbocycles. The molecule has 3 rings (SSSR count). The quantitative estimate of drug-likeness (QED) is 0.808. The van der Waals surface area contributed by atoms with Gasteiger partial charge in [0.05, 0.1) is 0 Å². The van der Waals surface area contributed by atoms with Crippen molar-refractivity contribution < 1.29 is 9.53 Å². The highest BCUT2D eigenvalue weighted by molar-refractivity contribution is 5.96. The van der Waals surface area contributed by atoms with Crippen LogP contribution in [0.25, 0.3) is 0 Å². The molecule has 4 heteroatoms. The van der Waals surface area contributed by atoms with Crippen molar-refractivity contribution in [1.82, 2.24) is 5.01 Å². The van der Waals surface area contributed by atoms with Gasteiger partial charge in [0.1, 0.15) is 0 Å². The predicted octanol–water partition coefficient (Wildman–Crippen LogP) is 4.53. The lowest BCUT2D eigenvalue weighted by Crippen LogP contribution is -2.25. The molecule has 130 valence electrons. The molecule has 0 fully saturated rings. The number of rotatable bonds is 2. The lowest BCUT2D eigenvalue weighted by atomic mass is 9.87. The van der Waals surface area contributed by atoms with Crippen molar-refractivity contribution in [2.45, 2.75) is 46.3 Å². The third kappa shape index (κ3) is 3.58. The second-order valence-corrected chi connectivity index (χ2v) is 7.48. The highest BCUT2D eigenvalue weighted by Crippen LogP contribution is 2.31. The van der Waals surface area contributed by atoms with Crippen LogP contribution in [0.3, 0.4) is 0 Å². The van der Waals surface area contributed by atoms with Gasteiger partial charge in [0.25, 0.3) is 0 Å². The van der Waals surface area contributed by atoms with Gasteiger partial charge >= 0.3 is 0 Å².